The fraction of sp³-hybridized carbons (Fsp3) is 0.143. The van der Waals surface area contributed by atoms with E-state index in [4.69, 9.17) is 4.74 Å². The first-order chi connectivity index (χ1) is 14.7. The van der Waals surface area contributed by atoms with Gasteiger partial charge >= 0.3 is 6.18 Å². The molecule has 0 aliphatic heterocycles. The minimum Gasteiger partial charge on any atom is -0.496 e. The van der Waals surface area contributed by atoms with Crippen LogP contribution >= 0.6 is 11.3 Å². The Bertz CT molecular complexity index is 1350. The maximum atomic E-state index is 13.1. The molecule has 4 rings (SSSR count). The number of alkyl halides is 3. The largest absolute Gasteiger partial charge is 0.496 e. The molecule has 4 aromatic rings. The number of hydrogen-bond acceptors (Lipinski definition) is 6. The van der Waals surface area contributed by atoms with E-state index in [-0.39, 0.29) is 16.4 Å². The van der Waals surface area contributed by atoms with Crippen molar-refractivity contribution in [3.63, 3.8) is 0 Å². The Balaban J connectivity index is 1.79. The second kappa shape index (κ2) is 7.93. The number of benzene rings is 2. The number of sulfone groups is 1. The van der Waals surface area contributed by atoms with Gasteiger partial charge in [-0.25, -0.2) is 13.4 Å². The molecule has 31 heavy (non-hydrogen) atoms. The minimum absolute atomic E-state index is 0.0234. The minimum atomic E-state index is -4.50. The first kappa shape index (κ1) is 21.3. The van der Waals surface area contributed by atoms with Crippen molar-refractivity contribution in [2.24, 2.45) is 0 Å². The van der Waals surface area contributed by atoms with E-state index in [0.29, 0.717) is 27.0 Å². The van der Waals surface area contributed by atoms with Gasteiger partial charge in [-0.05, 0) is 41.8 Å². The van der Waals surface area contributed by atoms with Crippen molar-refractivity contribution in [3.8, 4) is 17.0 Å². The van der Waals surface area contributed by atoms with Crippen LogP contribution in [0.5, 0.6) is 5.75 Å². The zero-order chi connectivity index (χ0) is 22.2. The third kappa shape index (κ3) is 4.26. The lowest BCUT2D eigenvalue weighted by Crippen LogP contribution is -2.06. The van der Waals surface area contributed by atoms with Crippen LogP contribution in [-0.2, 0) is 21.8 Å². The molecule has 0 N–H and O–H groups in total. The SMILES string of the molecule is COc1cc(C(F)(F)F)ccc1-c1nccc2cc(S(=O)(=O)Cc3nccs3)ccc12. The van der Waals surface area contributed by atoms with E-state index in [1.54, 1.807) is 23.7 Å². The summed E-state index contributed by atoms with van der Waals surface area (Å²) in [6.45, 7) is 0. The van der Waals surface area contributed by atoms with Crippen LogP contribution < -0.4 is 4.74 Å². The number of rotatable bonds is 5. The summed E-state index contributed by atoms with van der Waals surface area (Å²) in [6.07, 6.45) is -1.48. The topological polar surface area (TPSA) is 69.2 Å². The van der Waals surface area contributed by atoms with Crippen molar-refractivity contribution >= 4 is 31.9 Å². The third-order valence-electron chi connectivity index (χ3n) is 4.68. The highest BCUT2D eigenvalue weighted by Crippen LogP contribution is 2.38. The van der Waals surface area contributed by atoms with E-state index < -0.39 is 21.6 Å². The van der Waals surface area contributed by atoms with E-state index in [0.717, 1.165) is 12.1 Å². The van der Waals surface area contributed by atoms with Crippen molar-refractivity contribution < 1.29 is 26.3 Å². The lowest BCUT2D eigenvalue weighted by molar-refractivity contribution is -0.137. The second-order valence-corrected chi connectivity index (χ2v) is 9.61. The van der Waals surface area contributed by atoms with Crippen molar-refractivity contribution in [3.05, 3.63) is 70.8 Å². The van der Waals surface area contributed by atoms with Gasteiger partial charge in [-0.3, -0.25) is 4.98 Å². The van der Waals surface area contributed by atoms with Gasteiger partial charge in [-0.2, -0.15) is 13.2 Å². The number of methoxy groups -OCH3 is 1. The standard InChI is InChI=1S/C21H15F3N2O3S2/c1-29-18-11-14(21(22,23)24)2-4-17(18)20-16-5-3-15(10-13(16)6-7-26-20)31(27,28)12-19-25-8-9-30-19/h2-11H,12H2,1H3. The van der Waals surface area contributed by atoms with Crippen LogP contribution in [0.1, 0.15) is 10.6 Å². The number of halogens is 3. The first-order valence-electron chi connectivity index (χ1n) is 8.94. The number of aromatic nitrogens is 2. The maximum absolute atomic E-state index is 13.1. The fourth-order valence-electron chi connectivity index (χ4n) is 3.20. The molecule has 0 aliphatic carbocycles. The van der Waals surface area contributed by atoms with Crippen LogP contribution in [0.2, 0.25) is 0 Å². The summed E-state index contributed by atoms with van der Waals surface area (Å²) in [5, 5.41) is 3.38. The summed E-state index contributed by atoms with van der Waals surface area (Å²) in [5.74, 6) is -0.184. The predicted molar refractivity (Wildman–Crippen MR) is 112 cm³/mol. The second-order valence-electron chi connectivity index (χ2n) is 6.64. The summed E-state index contributed by atoms with van der Waals surface area (Å²) in [6, 6.07) is 9.43. The smallest absolute Gasteiger partial charge is 0.416 e. The molecule has 0 unspecified atom stereocenters. The van der Waals surface area contributed by atoms with Crippen LogP contribution in [0.3, 0.4) is 0 Å². The van der Waals surface area contributed by atoms with Crippen LogP contribution in [0, 0.1) is 0 Å². The Hall–Kier alpha value is -2.98. The highest BCUT2D eigenvalue weighted by atomic mass is 32.2. The van der Waals surface area contributed by atoms with Gasteiger partial charge in [0.2, 0.25) is 0 Å². The Morgan fingerprint density at radius 3 is 2.52 bits per heavy atom. The first-order valence-corrected chi connectivity index (χ1v) is 11.5. The van der Waals surface area contributed by atoms with Crippen LogP contribution in [0.4, 0.5) is 13.2 Å². The number of hydrogen-bond donors (Lipinski definition) is 0. The molecule has 0 radical (unpaired) electrons. The molecule has 0 spiro atoms. The van der Waals surface area contributed by atoms with E-state index in [9.17, 15) is 21.6 Å². The lowest BCUT2D eigenvalue weighted by Gasteiger charge is -2.14. The number of thiazole rings is 1. The average Bonchev–Trinajstić information content (AvgIpc) is 3.24. The summed E-state index contributed by atoms with van der Waals surface area (Å²) in [4.78, 5) is 8.46. The van der Waals surface area contributed by atoms with Gasteiger partial charge < -0.3 is 4.74 Å². The van der Waals surface area contributed by atoms with Gasteiger partial charge in [0.15, 0.2) is 9.84 Å². The lowest BCUT2D eigenvalue weighted by atomic mass is 10.0. The summed E-state index contributed by atoms with van der Waals surface area (Å²) >= 11 is 1.26. The summed E-state index contributed by atoms with van der Waals surface area (Å²) in [5.41, 5.74) is -0.0599. The predicted octanol–water partition coefficient (Wildman–Crippen LogP) is 5.36. The van der Waals surface area contributed by atoms with Gasteiger partial charge in [-0.15, -0.1) is 11.3 Å². The van der Waals surface area contributed by atoms with Gasteiger partial charge in [-0.1, -0.05) is 6.07 Å². The molecule has 0 fully saturated rings. The molecule has 0 amide bonds. The Labute approximate surface area is 180 Å². The Morgan fingerprint density at radius 1 is 1.03 bits per heavy atom. The maximum Gasteiger partial charge on any atom is 0.416 e. The molecule has 0 bridgehead atoms. The molecule has 2 heterocycles. The molecule has 0 atom stereocenters. The third-order valence-corrected chi connectivity index (χ3v) is 7.26. The summed E-state index contributed by atoms with van der Waals surface area (Å²) in [7, 11) is -2.32. The highest BCUT2D eigenvalue weighted by Gasteiger charge is 2.31. The Morgan fingerprint density at radius 2 is 1.84 bits per heavy atom. The monoisotopic (exact) mass is 464 g/mol. The molecular weight excluding hydrogens is 449 g/mol. The number of nitrogens with zero attached hydrogens (tertiary/aromatic N) is 2. The number of fused-ring (bicyclic) bond motifs is 1. The zero-order valence-corrected chi connectivity index (χ0v) is 17.7. The van der Waals surface area contributed by atoms with E-state index in [1.807, 2.05) is 0 Å². The van der Waals surface area contributed by atoms with E-state index in [2.05, 4.69) is 9.97 Å². The normalized spacial score (nSPS) is 12.3. The fourth-order valence-corrected chi connectivity index (χ4v) is 5.48. The molecule has 0 aliphatic rings. The van der Waals surface area contributed by atoms with Crippen molar-refractivity contribution in [2.45, 2.75) is 16.8 Å². The van der Waals surface area contributed by atoms with E-state index >= 15 is 0 Å². The quantitative estimate of drug-likeness (QED) is 0.398. The van der Waals surface area contributed by atoms with Crippen LogP contribution in [0.25, 0.3) is 22.0 Å². The van der Waals surface area contributed by atoms with Crippen LogP contribution in [0.15, 0.2) is 65.1 Å². The van der Waals surface area contributed by atoms with E-state index in [1.165, 1.54) is 42.8 Å². The molecule has 0 saturated heterocycles. The van der Waals surface area contributed by atoms with Crippen molar-refractivity contribution in [1.29, 1.82) is 0 Å². The molecular formula is C21H15F3N2O3S2. The average molecular weight is 464 g/mol. The van der Waals surface area contributed by atoms with Gasteiger partial charge in [0.25, 0.3) is 0 Å². The zero-order valence-electron chi connectivity index (χ0n) is 16.1. The number of pyridine rings is 1. The van der Waals surface area contributed by atoms with Crippen molar-refractivity contribution in [2.75, 3.05) is 7.11 Å². The van der Waals surface area contributed by atoms with Crippen LogP contribution in [-0.4, -0.2) is 25.5 Å². The molecule has 0 saturated carbocycles. The Kier molecular flexibility index (Phi) is 5.44. The molecule has 2 aromatic heterocycles. The molecule has 10 heteroatoms. The number of ether oxygens (including phenoxy) is 1. The van der Waals surface area contributed by atoms with Gasteiger partial charge in [0, 0.05) is 28.7 Å². The molecule has 2 aromatic carbocycles. The molecule has 5 nitrogen and oxygen atoms in total. The van der Waals surface area contributed by atoms with Crippen molar-refractivity contribution in [1.82, 2.24) is 9.97 Å². The highest BCUT2D eigenvalue weighted by molar-refractivity contribution is 7.90. The van der Waals surface area contributed by atoms with Gasteiger partial charge in [0.05, 0.1) is 23.3 Å². The summed E-state index contributed by atoms with van der Waals surface area (Å²) < 4.78 is 69.8. The molecule has 160 valence electrons. The van der Waals surface area contributed by atoms with Gasteiger partial charge in [0.1, 0.15) is 16.5 Å².